The smallest absolute Gasteiger partial charge is 0.259 e. The normalized spacial score (nSPS) is 11.0. The Labute approximate surface area is 144 Å². The molecule has 0 bridgehead atoms. The van der Waals surface area contributed by atoms with Gasteiger partial charge in [0.15, 0.2) is 0 Å². The SMILES string of the molecule is O=c1[nH]c(-c2ccc(O)c(Br)c2)nc2c(Br)cc(Br)cc12. The van der Waals surface area contributed by atoms with E-state index in [-0.39, 0.29) is 11.3 Å². The van der Waals surface area contributed by atoms with Gasteiger partial charge < -0.3 is 10.1 Å². The molecule has 3 rings (SSSR count). The van der Waals surface area contributed by atoms with Gasteiger partial charge >= 0.3 is 0 Å². The molecule has 0 radical (unpaired) electrons. The van der Waals surface area contributed by atoms with Crippen molar-refractivity contribution < 1.29 is 5.11 Å². The summed E-state index contributed by atoms with van der Waals surface area (Å²) in [6.07, 6.45) is 0. The second kappa shape index (κ2) is 5.55. The van der Waals surface area contributed by atoms with E-state index in [0.29, 0.717) is 26.8 Å². The van der Waals surface area contributed by atoms with E-state index in [1.165, 1.54) is 0 Å². The lowest BCUT2D eigenvalue weighted by Crippen LogP contribution is -2.10. The average Bonchev–Trinajstić information content (AvgIpc) is 2.43. The molecule has 0 unspecified atom stereocenters. The Kier molecular flexibility index (Phi) is 3.90. The van der Waals surface area contributed by atoms with Crippen LogP contribution in [-0.2, 0) is 0 Å². The highest BCUT2D eigenvalue weighted by Gasteiger charge is 2.11. The molecule has 2 aromatic carbocycles. The van der Waals surface area contributed by atoms with Gasteiger partial charge in [-0.15, -0.1) is 0 Å². The molecule has 21 heavy (non-hydrogen) atoms. The molecule has 0 fully saturated rings. The summed E-state index contributed by atoms with van der Waals surface area (Å²) in [5.74, 6) is 0.572. The van der Waals surface area contributed by atoms with Gasteiger partial charge in [0.25, 0.3) is 5.56 Å². The molecule has 2 N–H and O–H groups in total. The molecule has 0 saturated carbocycles. The summed E-state index contributed by atoms with van der Waals surface area (Å²) in [6, 6.07) is 8.50. The van der Waals surface area contributed by atoms with Crippen LogP contribution >= 0.6 is 47.8 Å². The Balaban J connectivity index is 2.30. The summed E-state index contributed by atoms with van der Waals surface area (Å²) >= 11 is 10.0. The zero-order valence-electron chi connectivity index (χ0n) is 10.3. The van der Waals surface area contributed by atoms with E-state index in [9.17, 15) is 9.90 Å². The number of fused-ring (bicyclic) bond motifs is 1. The van der Waals surface area contributed by atoms with Crippen LogP contribution < -0.4 is 5.56 Å². The van der Waals surface area contributed by atoms with Gasteiger partial charge in [0.2, 0.25) is 0 Å². The molecule has 7 heteroatoms. The Hall–Kier alpha value is -1.18. The average molecular weight is 475 g/mol. The van der Waals surface area contributed by atoms with Crippen molar-refractivity contribution in [3.8, 4) is 17.1 Å². The third-order valence-corrected chi connectivity index (χ3v) is 4.65. The number of nitrogens with zero attached hydrogens (tertiary/aromatic N) is 1. The fourth-order valence-electron chi connectivity index (χ4n) is 1.96. The highest BCUT2D eigenvalue weighted by Crippen LogP contribution is 2.30. The first-order valence-corrected chi connectivity index (χ1v) is 8.21. The van der Waals surface area contributed by atoms with E-state index in [1.807, 2.05) is 6.07 Å². The quantitative estimate of drug-likeness (QED) is 0.542. The van der Waals surface area contributed by atoms with Crippen LogP contribution in [0.1, 0.15) is 0 Å². The third-order valence-electron chi connectivity index (χ3n) is 2.95. The molecular formula is C14H7Br3N2O2. The summed E-state index contributed by atoms with van der Waals surface area (Å²) in [5.41, 5.74) is 1.07. The highest BCUT2D eigenvalue weighted by atomic mass is 79.9. The van der Waals surface area contributed by atoms with E-state index in [4.69, 9.17) is 0 Å². The molecule has 4 nitrogen and oxygen atoms in total. The summed E-state index contributed by atoms with van der Waals surface area (Å²) in [4.78, 5) is 19.5. The zero-order chi connectivity index (χ0) is 15.1. The van der Waals surface area contributed by atoms with Crippen molar-refractivity contribution in [3.05, 3.63) is 54.1 Å². The van der Waals surface area contributed by atoms with E-state index in [2.05, 4.69) is 57.8 Å². The molecular weight excluding hydrogens is 468 g/mol. The fraction of sp³-hybridized carbons (Fsp3) is 0. The van der Waals surface area contributed by atoms with Crippen LogP contribution in [0.5, 0.6) is 5.75 Å². The number of aromatic hydroxyl groups is 1. The van der Waals surface area contributed by atoms with Gasteiger partial charge in [-0.1, -0.05) is 15.9 Å². The van der Waals surface area contributed by atoms with Gasteiger partial charge in [-0.3, -0.25) is 4.79 Å². The fourth-order valence-corrected chi connectivity index (χ4v) is 3.65. The number of benzene rings is 2. The number of halogens is 3. The van der Waals surface area contributed by atoms with Crippen molar-refractivity contribution in [2.45, 2.75) is 0 Å². The van der Waals surface area contributed by atoms with E-state index in [1.54, 1.807) is 24.3 Å². The van der Waals surface area contributed by atoms with Crippen molar-refractivity contribution >= 4 is 58.7 Å². The molecule has 106 valence electrons. The zero-order valence-corrected chi connectivity index (χ0v) is 15.1. The van der Waals surface area contributed by atoms with E-state index < -0.39 is 0 Å². The van der Waals surface area contributed by atoms with Gasteiger partial charge in [-0.25, -0.2) is 4.98 Å². The second-order valence-electron chi connectivity index (χ2n) is 4.36. The number of nitrogens with one attached hydrogen (secondary N) is 1. The number of phenols is 1. The van der Waals surface area contributed by atoms with Crippen LogP contribution in [0, 0.1) is 0 Å². The van der Waals surface area contributed by atoms with Crippen LogP contribution in [0.2, 0.25) is 0 Å². The molecule has 1 heterocycles. The van der Waals surface area contributed by atoms with Crippen molar-refractivity contribution in [1.29, 1.82) is 0 Å². The lowest BCUT2D eigenvalue weighted by atomic mass is 10.2. The maximum Gasteiger partial charge on any atom is 0.259 e. The highest BCUT2D eigenvalue weighted by molar-refractivity contribution is 9.11. The first-order valence-electron chi connectivity index (χ1n) is 5.83. The minimum atomic E-state index is -0.221. The van der Waals surface area contributed by atoms with Crippen molar-refractivity contribution in [2.75, 3.05) is 0 Å². The van der Waals surface area contributed by atoms with Gasteiger partial charge in [-0.2, -0.15) is 0 Å². The van der Waals surface area contributed by atoms with Crippen molar-refractivity contribution in [1.82, 2.24) is 9.97 Å². The maximum atomic E-state index is 12.2. The summed E-state index contributed by atoms with van der Waals surface area (Å²) in [5, 5.41) is 10.0. The monoisotopic (exact) mass is 472 g/mol. The predicted molar refractivity (Wildman–Crippen MR) is 92.6 cm³/mol. The topological polar surface area (TPSA) is 66.0 Å². The van der Waals surface area contributed by atoms with E-state index in [0.717, 1.165) is 8.95 Å². The largest absolute Gasteiger partial charge is 0.507 e. The first-order chi connectivity index (χ1) is 9.95. The number of hydrogen-bond acceptors (Lipinski definition) is 3. The molecule has 3 aromatic rings. The van der Waals surface area contributed by atoms with Gasteiger partial charge in [-0.05, 0) is 62.2 Å². The standard InChI is InChI=1S/C14H7Br3N2O2/c15-7-4-8-12(10(17)5-7)18-13(19-14(8)21)6-1-2-11(20)9(16)3-6/h1-5,20H,(H,18,19,21). The van der Waals surface area contributed by atoms with Crippen LogP contribution in [0.15, 0.2) is 48.5 Å². The Morgan fingerprint density at radius 2 is 1.81 bits per heavy atom. The number of H-pyrrole nitrogens is 1. The summed E-state index contributed by atoms with van der Waals surface area (Å²) in [7, 11) is 0. The summed E-state index contributed by atoms with van der Waals surface area (Å²) in [6.45, 7) is 0. The molecule has 0 amide bonds. The molecule has 1 aromatic heterocycles. The lowest BCUT2D eigenvalue weighted by Gasteiger charge is -2.06. The van der Waals surface area contributed by atoms with Crippen molar-refractivity contribution in [3.63, 3.8) is 0 Å². The van der Waals surface area contributed by atoms with Crippen LogP contribution in [0.25, 0.3) is 22.3 Å². The lowest BCUT2D eigenvalue weighted by molar-refractivity contribution is 0.472. The van der Waals surface area contributed by atoms with Gasteiger partial charge in [0.1, 0.15) is 11.6 Å². The van der Waals surface area contributed by atoms with Crippen molar-refractivity contribution in [2.24, 2.45) is 0 Å². The Morgan fingerprint density at radius 3 is 2.52 bits per heavy atom. The maximum absolute atomic E-state index is 12.2. The second-order valence-corrected chi connectivity index (χ2v) is 6.99. The van der Waals surface area contributed by atoms with Crippen LogP contribution in [-0.4, -0.2) is 15.1 Å². The van der Waals surface area contributed by atoms with E-state index >= 15 is 0 Å². The molecule has 0 spiro atoms. The number of aromatic nitrogens is 2. The van der Waals surface area contributed by atoms with Gasteiger partial charge in [0, 0.05) is 14.5 Å². The summed E-state index contributed by atoms with van der Waals surface area (Å²) < 4.78 is 2.07. The minimum Gasteiger partial charge on any atom is -0.507 e. The molecule has 0 aliphatic heterocycles. The Morgan fingerprint density at radius 1 is 1.05 bits per heavy atom. The van der Waals surface area contributed by atoms with Crippen LogP contribution in [0.3, 0.4) is 0 Å². The molecule has 0 saturated heterocycles. The molecule has 0 aliphatic rings. The number of hydrogen-bond donors (Lipinski definition) is 2. The predicted octanol–water partition coefficient (Wildman–Crippen LogP) is 4.58. The first kappa shape index (κ1) is 14.7. The number of rotatable bonds is 1. The molecule has 0 aliphatic carbocycles. The third kappa shape index (κ3) is 2.77. The molecule has 0 atom stereocenters. The van der Waals surface area contributed by atoms with Gasteiger partial charge in [0.05, 0.1) is 15.4 Å². The number of phenolic OH excluding ortho intramolecular Hbond substituents is 1. The number of aromatic amines is 1. The Bertz CT molecular complexity index is 922. The van der Waals surface area contributed by atoms with Crippen LogP contribution in [0.4, 0.5) is 0 Å². The minimum absolute atomic E-state index is 0.131.